The van der Waals surface area contributed by atoms with Crippen LogP contribution in [0.2, 0.25) is 0 Å². The van der Waals surface area contributed by atoms with Crippen LogP contribution < -0.4 is 10.8 Å². The Kier molecular flexibility index (Phi) is 8.66. The van der Waals surface area contributed by atoms with Crippen molar-refractivity contribution in [2.24, 2.45) is 0 Å². The summed E-state index contributed by atoms with van der Waals surface area (Å²) in [6, 6.07) is 10.5. The highest BCUT2D eigenvalue weighted by atomic mass is 32.2. The van der Waals surface area contributed by atoms with Crippen molar-refractivity contribution in [2.45, 2.75) is 17.1 Å². The molecule has 2 aromatic carbocycles. The average molecular weight is 436 g/mol. The third kappa shape index (κ3) is 6.48. The van der Waals surface area contributed by atoms with Gasteiger partial charge in [0.15, 0.2) is 17.7 Å². The standard InChI is InChI=1S/C20H21FN2O6S/c1-28-17(9-10-18(25)23-27)19(12-3-8-16(24)15(21)11-12)29-20(26)22-13-4-6-14(30-2)7-5-13/h3-11,17,19,24,27H,1-2H3,(H,22,26)(H,23,25)/b10-9+/t17-,19-/m0/s1. The van der Waals surface area contributed by atoms with E-state index in [-0.39, 0.29) is 5.56 Å². The van der Waals surface area contributed by atoms with Crippen LogP contribution in [0.4, 0.5) is 14.9 Å². The molecular formula is C20H21FN2O6S. The van der Waals surface area contributed by atoms with Crippen LogP contribution in [0.5, 0.6) is 5.75 Å². The molecule has 0 aliphatic rings. The predicted molar refractivity (Wildman–Crippen MR) is 109 cm³/mol. The number of amides is 2. The van der Waals surface area contributed by atoms with E-state index >= 15 is 0 Å². The van der Waals surface area contributed by atoms with Crippen LogP contribution in [0.3, 0.4) is 0 Å². The zero-order chi connectivity index (χ0) is 22.1. The Morgan fingerprint density at radius 2 is 1.90 bits per heavy atom. The molecule has 30 heavy (non-hydrogen) atoms. The van der Waals surface area contributed by atoms with Crippen molar-refractivity contribution in [3.63, 3.8) is 0 Å². The number of anilines is 1. The number of ether oxygens (including phenoxy) is 2. The third-order valence-corrected chi connectivity index (χ3v) is 4.73. The van der Waals surface area contributed by atoms with Gasteiger partial charge >= 0.3 is 6.09 Å². The van der Waals surface area contributed by atoms with Crippen LogP contribution in [0.25, 0.3) is 0 Å². The number of phenols is 1. The maximum absolute atomic E-state index is 13.9. The van der Waals surface area contributed by atoms with Gasteiger partial charge < -0.3 is 14.6 Å². The summed E-state index contributed by atoms with van der Waals surface area (Å²) in [5.41, 5.74) is 2.09. The number of aromatic hydroxyl groups is 1. The van der Waals surface area contributed by atoms with Gasteiger partial charge in [0.25, 0.3) is 5.91 Å². The summed E-state index contributed by atoms with van der Waals surface area (Å²) in [4.78, 5) is 24.7. The van der Waals surface area contributed by atoms with Crippen LogP contribution in [0.1, 0.15) is 11.7 Å². The van der Waals surface area contributed by atoms with Crippen LogP contribution in [-0.2, 0) is 14.3 Å². The molecule has 0 aromatic heterocycles. The van der Waals surface area contributed by atoms with Crippen LogP contribution >= 0.6 is 11.8 Å². The highest BCUT2D eigenvalue weighted by Crippen LogP contribution is 2.28. The van der Waals surface area contributed by atoms with Gasteiger partial charge in [-0.15, -0.1) is 11.8 Å². The molecule has 0 aliphatic heterocycles. The molecule has 0 saturated heterocycles. The molecule has 0 aliphatic carbocycles. The maximum atomic E-state index is 13.9. The Bertz CT molecular complexity index is 907. The lowest BCUT2D eigenvalue weighted by molar-refractivity contribution is -0.124. The third-order valence-electron chi connectivity index (χ3n) is 3.99. The minimum atomic E-state index is -1.17. The number of nitrogens with one attached hydrogen (secondary N) is 2. The van der Waals surface area contributed by atoms with E-state index < -0.39 is 35.8 Å². The summed E-state index contributed by atoms with van der Waals surface area (Å²) in [6.07, 6.45) is 1.12. The number of hydrogen-bond donors (Lipinski definition) is 4. The van der Waals surface area contributed by atoms with E-state index in [4.69, 9.17) is 14.7 Å². The molecule has 2 rings (SSSR count). The Labute approximate surface area is 176 Å². The summed E-state index contributed by atoms with van der Waals surface area (Å²) in [5.74, 6) is -2.31. The quantitative estimate of drug-likeness (QED) is 0.216. The summed E-state index contributed by atoms with van der Waals surface area (Å²) >= 11 is 1.55. The smallest absolute Gasteiger partial charge is 0.412 e. The SMILES string of the molecule is CO[C@@H](/C=C/C(=O)NO)[C@@H](OC(=O)Nc1ccc(SC)cc1)c1ccc(O)c(F)c1. The fraction of sp³-hybridized carbons (Fsp3) is 0.200. The molecule has 2 aromatic rings. The minimum absolute atomic E-state index is 0.180. The first-order chi connectivity index (χ1) is 14.4. The van der Waals surface area contributed by atoms with Crippen LogP contribution in [-0.4, -0.2) is 41.8 Å². The van der Waals surface area contributed by atoms with Gasteiger partial charge in [0.2, 0.25) is 0 Å². The number of thioether (sulfide) groups is 1. The van der Waals surface area contributed by atoms with Crippen molar-refractivity contribution in [1.29, 1.82) is 0 Å². The van der Waals surface area contributed by atoms with Crippen LogP contribution in [0, 0.1) is 5.82 Å². The number of carbonyl (C=O) groups is 2. The highest BCUT2D eigenvalue weighted by molar-refractivity contribution is 7.98. The lowest BCUT2D eigenvalue weighted by Crippen LogP contribution is -2.27. The molecule has 0 radical (unpaired) electrons. The van der Waals surface area contributed by atoms with Crippen molar-refractivity contribution < 1.29 is 33.8 Å². The van der Waals surface area contributed by atoms with Gasteiger partial charge in [0.05, 0.1) is 0 Å². The zero-order valence-electron chi connectivity index (χ0n) is 16.2. The number of phenolic OH excluding ortho intramolecular Hbond substituents is 1. The number of hydrogen-bond acceptors (Lipinski definition) is 7. The summed E-state index contributed by atoms with van der Waals surface area (Å²) in [7, 11) is 1.30. The zero-order valence-corrected chi connectivity index (χ0v) is 17.0. The van der Waals surface area contributed by atoms with Gasteiger partial charge in [-0.05, 0) is 54.3 Å². The van der Waals surface area contributed by atoms with Crippen molar-refractivity contribution in [3.8, 4) is 5.75 Å². The first kappa shape index (κ1) is 23.2. The van der Waals surface area contributed by atoms with E-state index in [1.165, 1.54) is 24.7 Å². The normalized spacial score (nSPS) is 12.9. The Hall–Kier alpha value is -3.08. The average Bonchev–Trinajstić information content (AvgIpc) is 2.75. The number of carbonyl (C=O) groups excluding carboxylic acids is 2. The summed E-state index contributed by atoms with van der Waals surface area (Å²) in [6.45, 7) is 0. The lowest BCUT2D eigenvalue weighted by Gasteiger charge is -2.24. The number of rotatable bonds is 8. The van der Waals surface area contributed by atoms with Crippen molar-refractivity contribution in [2.75, 3.05) is 18.7 Å². The van der Waals surface area contributed by atoms with E-state index in [1.807, 2.05) is 18.4 Å². The van der Waals surface area contributed by atoms with Crippen molar-refractivity contribution in [3.05, 3.63) is 66.0 Å². The molecule has 2 amide bonds. The van der Waals surface area contributed by atoms with Gasteiger partial charge in [0.1, 0.15) is 6.10 Å². The number of halogens is 1. The molecule has 0 heterocycles. The molecule has 0 spiro atoms. The molecule has 0 unspecified atom stereocenters. The van der Waals surface area contributed by atoms with E-state index in [9.17, 15) is 19.1 Å². The second-order valence-corrected chi connectivity index (χ2v) is 6.81. The van der Waals surface area contributed by atoms with Crippen LogP contribution in [0.15, 0.2) is 59.5 Å². The van der Waals surface area contributed by atoms with Gasteiger partial charge in [-0.2, -0.15) is 0 Å². The number of hydroxylamine groups is 1. The Morgan fingerprint density at radius 1 is 1.20 bits per heavy atom. The minimum Gasteiger partial charge on any atom is -0.505 e. The van der Waals surface area contributed by atoms with Gasteiger partial charge in [-0.25, -0.2) is 14.7 Å². The molecular weight excluding hydrogens is 415 g/mol. The largest absolute Gasteiger partial charge is 0.505 e. The Morgan fingerprint density at radius 3 is 2.47 bits per heavy atom. The van der Waals surface area contributed by atoms with Gasteiger partial charge in [-0.3, -0.25) is 15.3 Å². The first-order valence-corrected chi connectivity index (χ1v) is 9.85. The molecule has 0 fully saturated rings. The van der Waals surface area contributed by atoms with Gasteiger partial charge in [-0.1, -0.05) is 6.07 Å². The van der Waals surface area contributed by atoms with Gasteiger partial charge in [0, 0.05) is 23.8 Å². The molecule has 160 valence electrons. The molecule has 4 N–H and O–H groups in total. The topological polar surface area (TPSA) is 117 Å². The monoisotopic (exact) mass is 436 g/mol. The lowest BCUT2D eigenvalue weighted by atomic mass is 10.0. The van der Waals surface area contributed by atoms with E-state index in [0.717, 1.165) is 23.1 Å². The van der Waals surface area contributed by atoms with E-state index in [1.54, 1.807) is 23.9 Å². The second-order valence-electron chi connectivity index (χ2n) is 5.93. The van der Waals surface area contributed by atoms with E-state index in [0.29, 0.717) is 5.69 Å². The highest BCUT2D eigenvalue weighted by Gasteiger charge is 2.27. The fourth-order valence-electron chi connectivity index (χ4n) is 2.48. The first-order valence-electron chi connectivity index (χ1n) is 8.63. The second kappa shape index (κ2) is 11.2. The molecule has 0 bridgehead atoms. The maximum Gasteiger partial charge on any atom is 0.412 e. The van der Waals surface area contributed by atoms with Crippen molar-refractivity contribution >= 4 is 29.4 Å². The molecule has 8 nitrogen and oxygen atoms in total. The molecule has 10 heteroatoms. The number of methoxy groups -OCH3 is 1. The summed E-state index contributed by atoms with van der Waals surface area (Å²) in [5, 5.41) is 20.6. The van der Waals surface area contributed by atoms with Crippen molar-refractivity contribution in [1.82, 2.24) is 5.48 Å². The summed E-state index contributed by atoms with van der Waals surface area (Å²) < 4.78 is 24.6. The Balaban J connectivity index is 2.26. The molecule has 2 atom stereocenters. The molecule has 0 saturated carbocycles. The van der Waals surface area contributed by atoms with E-state index in [2.05, 4.69) is 5.32 Å². The predicted octanol–water partition coefficient (Wildman–Crippen LogP) is 3.62. The number of benzene rings is 2. The fourth-order valence-corrected chi connectivity index (χ4v) is 2.89.